The Labute approximate surface area is 79.6 Å². The highest BCUT2D eigenvalue weighted by Gasteiger charge is 1.80. The van der Waals surface area contributed by atoms with Gasteiger partial charge in [0.2, 0.25) is 0 Å². The maximum absolute atomic E-state index is 9.37. The summed E-state index contributed by atoms with van der Waals surface area (Å²) in [5.41, 5.74) is 0. The van der Waals surface area contributed by atoms with Gasteiger partial charge in [0.1, 0.15) is 0 Å². The SMILES string of the molecule is Brc1cccnc1.CCC(=O)O. The molecule has 0 unspecified atom stereocenters. The van der Waals surface area contributed by atoms with Gasteiger partial charge in [-0.05, 0) is 28.1 Å². The minimum atomic E-state index is -0.745. The minimum absolute atomic E-state index is 0.222. The molecular weight excluding hydrogens is 222 g/mol. The average Bonchev–Trinajstić information content (AvgIpc) is 2.07. The van der Waals surface area contributed by atoms with Crippen LogP contribution in [0.25, 0.3) is 0 Å². The van der Waals surface area contributed by atoms with Crippen LogP contribution in [0.3, 0.4) is 0 Å². The number of carbonyl (C=O) groups is 1. The first-order valence-corrected chi connectivity index (χ1v) is 4.23. The maximum atomic E-state index is 9.37. The van der Waals surface area contributed by atoms with Crippen molar-refractivity contribution in [3.8, 4) is 0 Å². The summed E-state index contributed by atoms with van der Waals surface area (Å²) in [6.07, 6.45) is 3.71. The number of carboxylic acids is 1. The lowest BCUT2D eigenvalue weighted by molar-refractivity contribution is -0.136. The molecule has 0 amide bonds. The monoisotopic (exact) mass is 231 g/mol. The Bertz CT molecular complexity index is 226. The Kier molecular flexibility index (Phi) is 6.28. The molecule has 0 radical (unpaired) electrons. The summed E-state index contributed by atoms with van der Waals surface area (Å²) < 4.78 is 1.02. The molecule has 0 fully saturated rings. The van der Waals surface area contributed by atoms with Crippen LogP contribution in [0.5, 0.6) is 0 Å². The van der Waals surface area contributed by atoms with Gasteiger partial charge >= 0.3 is 5.97 Å². The van der Waals surface area contributed by atoms with Crippen LogP contribution in [0.1, 0.15) is 13.3 Å². The summed E-state index contributed by atoms with van der Waals surface area (Å²) in [5, 5.41) is 7.72. The Morgan fingerprint density at radius 3 is 2.50 bits per heavy atom. The van der Waals surface area contributed by atoms with E-state index in [9.17, 15) is 4.79 Å². The molecule has 0 aromatic carbocycles. The van der Waals surface area contributed by atoms with E-state index in [4.69, 9.17) is 5.11 Å². The summed E-state index contributed by atoms with van der Waals surface area (Å²) in [6, 6.07) is 3.82. The quantitative estimate of drug-likeness (QED) is 0.808. The van der Waals surface area contributed by atoms with Gasteiger partial charge in [0.05, 0.1) is 0 Å². The fourth-order valence-corrected chi connectivity index (χ4v) is 0.613. The van der Waals surface area contributed by atoms with Gasteiger partial charge in [-0.2, -0.15) is 0 Å². The van der Waals surface area contributed by atoms with E-state index in [0.717, 1.165) is 4.47 Å². The molecule has 3 nitrogen and oxygen atoms in total. The van der Waals surface area contributed by atoms with Crippen molar-refractivity contribution in [2.75, 3.05) is 0 Å². The lowest BCUT2D eigenvalue weighted by atomic mass is 10.5. The van der Waals surface area contributed by atoms with Crippen LogP contribution in [0.15, 0.2) is 29.0 Å². The predicted octanol–water partition coefficient (Wildman–Crippen LogP) is 2.33. The van der Waals surface area contributed by atoms with Gasteiger partial charge in [-0.15, -0.1) is 0 Å². The smallest absolute Gasteiger partial charge is 0.303 e. The second kappa shape index (κ2) is 6.79. The number of hydrogen-bond acceptors (Lipinski definition) is 2. The molecule has 12 heavy (non-hydrogen) atoms. The van der Waals surface area contributed by atoms with Crippen LogP contribution >= 0.6 is 15.9 Å². The number of halogens is 1. The molecule has 1 aromatic heterocycles. The van der Waals surface area contributed by atoms with Crippen molar-refractivity contribution in [1.29, 1.82) is 0 Å². The first-order chi connectivity index (χ1) is 5.66. The van der Waals surface area contributed by atoms with E-state index in [2.05, 4.69) is 20.9 Å². The van der Waals surface area contributed by atoms with Gasteiger partial charge < -0.3 is 5.11 Å². The fourth-order valence-electron chi connectivity index (χ4n) is 0.342. The van der Waals surface area contributed by atoms with Crippen molar-refractivity contribution >= 4 is 21.9 Å². The summed E-state index contributed by atoms with van der Waals surface area (Å²) in [4.78, 5) is 13.2. The van der Waals surface area contributed by atoms with E-state index in [1.807, 2.05) is 12.1 Å². The molecule has 0 atom stereocenters. The molecule has 0 saturated carbocycles. The molecular formula is C8H10BrNO2. The number of aromatic nitrogens is 1. The lowest BCUT2D eigenvalue weighted by Crippen LogP contribution is -1.86. The van der Waals surface area contributed by atoms with Crippen LogP contribution in [0.4, 0.5) is 0 Å². The summed E-state index contributed by atoms with van der Waals surface area (Å²) in [7, 11) is 0. The first kappa shape index (κ1) is 11.1. The molecule has 0 aliphatic rings. The van der Waals surface area contributed by atoms with Crippen LogP contribution in [-0.4, -0.2) is 16.1 Å². The summed E-state index contributed by atoms with van der Waals surface area (Å²) in [6.45, 7) is 1.60. The summed E-state index contributed by atoms with van der Waals surface area (Å²) >= 11 is 3.25. The van der Waals surface area contributed by atoms with E-state index >= 15 is 0 Å². The van der Waals surface area contributed by atoms with Crippen molar-refractivity contribution in [3.05, 3.63) is 29.0 Å². The van der Waals surface area contributed by atoms with Crippen LogP contribution < -0.4 is 0 Å². The average molecular weight is 232 g/mol. The van der Waals surface area contributed by atoms with Gasteiger partial charge in [-0.1, -0.05) is 6.92 Å². The van der Waals surface area contributed by atoms with Crippen molar-refractivity contribution in [3.63, 3.8) is 0 Å². The Morgan fingerprint density at radius 1 is 1.75 bits per heavy atom. The fraction of sp³-hybridized carbons (Fsp3) is 0.250. The van der Waals surface area contributed by atoms with E-state index in [-0.39, 0.29) is 6.42 Å². The molecule has 4 heteroatoms. The number of nitrogens with zero attached hydrogens (tertiary/aromatic N) is 1. The van der Waals surface area contributed by atoms with Gasteiger partial charge in [-0.3, -0.25) is 9.78 Å². The molecule has 0 aliphatic heterocycles. The number of rotatable bonds is 1. The van der Waals surface area contributed by atoms with Crippen molar-refractivity contribution in [1.82, 2.24) is 4.98 Å². The lowest BCUT2D eigenvalue weighted by Gasteiger charge is -1.80. The molecule has 0 spiro atoms. The normalized spacial score (nSPS) is 8.17. The zero-order valence-corrected chi connectivity index (χ0v) is 8.28. The van der Waals surface area contributed by atoms with E-state index in [1.165, 1.54) is 0 Å². The second-order valence-electron chi connectivity index (χ2n) is 1.92. The number of aliphatic carboxylic acids is 1. The molecule has 66 valence electrons. The minimum Gasteiger partial charge on any atom is -0.481 e. The van der Waals surface area contributed by atoms with E-state index in [1.54, 1.807) is 19.3 Å². The third-order valence-corrected chi connectivity index (χ3v) is 1.40. The topological polar surface area (TPSA) is 50.2 Å². The van der Waals surface area contributed by atoms with Crippen LogP contribution in [-0.2, 0) is 4.79 Å². The van der Waals surface area contributed by atoms with Gasteiger partial charge in [0.25, 0.3) is 0 Å². The van der Waals surface area contributed by atoms with Crippen LogP contribution in [0.2, 0.25) is 0 Å². The third kappa shape index (κ3) is 7.21. The summed E-state index contributed by atoms with van der Waals surface area (Å²) in [5.74, 6) is -0.745. The molecule has 0 saturated heterocycles. The standard InChI is InChI=1S/C5H4BrN.C3H6O2/c6-5-2-1-3-7-4-5;1-2-3(4)5/h1-4H;2H2,1H3,(H,4,5). The van der Waals surface area contributed by atoms with Crippen molar-refractivity contribution in [2.45, 2.75) is 13.3 Å². The second-order valence-corrected chi connectivity index (χ2v) is 2.83. The van der Waals surface area contributed by atoms with Crippen LogP contribution in [0, 0.1) is 0 Å². The van der Waals surface area contributed by atoms with Crippen molar-refractivity contribution in [2.24, 2.45) is 0 Å². The molecule has 1 rings (SSSR count). The number of hydrogen-bond donors (Lipinski definition) is 1. The van der Waals surface area contributed by atoms with Crippen molar-refractivity contribution < 1.29 is 9.90 Å². The highest BCUT2D eigenvalue weighted by atomic mass is 79.9. The largest absolute Gasteiger partial charge is 0.481 e. The highest BCUT2D eigenvalue weighted by molar-refractivity contribution is 9.10. The molecule has 0 bridgehead atoms. The highest BCUT2D eigenvalue weighted by Crippen LogP contribution is 2.02. The predicted molar refractivity (Wildman–Crippen MR) is 49.9 cm³/mol. The Balaban J connectivity index is 0.000000217. The molecule has 0 aliphatic carbocycles. The zero-order chi connectivity index (χ0) is 9.40. The Morgan fingerprint density at radius 2 is 2.33 bits per heavy atom. The van der Waals surface area contributed by atoms with Gasteiger partial charge in [0.15, 0.2) is 0 Å². The van der Waals surface area contributed by atoms with E-state index in [0.29, 0.717) is 0 Å². The third-order valence-electron chi connectivity index (χ3n) is 0.928. The molecule has 1 N–H and O–H groups in total. The van der Waals surface area contributed by atoms with Gasteiger partial charge in [0, 0.05) is 23.3 Å². The zero-order valence-electron chi connectivity index (χ0n) is 6.70. The number of carboxylic acid groups (broad SMARTS) is 1. The number of pyridine rings is 1. The van der Waals surface area contributed by atoms with E-state index < -0.39 is 5.97 Å². The first-order valence-electron chi connectivity index (χ1n) is 3.44. The maximum Gasteiger partial charge on any atom is 0.303 e. The Hall–Kier alpha value is -0.900. The molecule has 1 aromatic rings. The molecule has 1 heterocycles. The van der Waals surface area contributed by atoms with Gasteiger partial charge in [-0.25, -0.2) is 0 Å².